The number of pyridine rings is 2. The topological polar surface area (TPSA) is 113 Å². The average Bonchev–Trinajstić information content (AvgIpc) is 3.07. The highest BCUT2D eigenvalue weighted by atomic mass is 16.3. The molecule has 0 amide bonds. The van der Waals surface area contributed by atoms with Crippen LogP contribution in [0.15, 0.2) is 87.6 Å². The molecule has 3 N–H and O–H groups in total. The first-order valence-corrected chi connectivity index (χ1v) is 16.5. The first-order chi connectivity index (χ1) is 22.5. The van der Waals surface area contributed by atoms with E-state index in [0.29, 0.717) is 11.4 Å². The number of anilines is 2. The number of phenolic OH excluding ortho intramolecular Hbond substituents is 2. The van der Waals surface area contributed by atoms with Crippen LogP contribution < -0.4 is 19.4 Å². The monoisotopic (exact) mass is 620 g/mol. The molecule has 2 aromatic carbocycles. The Labute approximate surface area is 270 Å². The van der Waals surface area contributed by atoms with E-state index < -0.39 is 0 Å². The predicted octanol–water partition coefficient (Wildman–Crippen LogP) is 7.81. The summed E-state index contributed by atoms with van der Waals surface area (Å²) in [7, 11) is 0. The third-order valence-electron chi connectivity index (χ3n) is 8.77. The maximum absolute atomic E-state index is 11.1. The number of aryl methyl sites for hydroxylation is 4. The molecule has 238 valence electrons. The van der Waals surface area contributed by atoms with Gasteiger partial charge >= 0.3 is 5.82 Å². The molecule has 2 aliphatic heterocycles. The van der Waals surface area contributed by atoms with Gasteiger partial charge in [-0.15, -0.1) is 10.2 Å². The quantitative estimate of drug-likeness (QED) is 0.0852. The van der Waals surface area contributed by atoms with Gasteiger partial charge < -0.3 is 20.4 Å². The van der Waals surface area contributed by atoms with E-state index in [2.05, 4.69) is 39.8 Å². The van der Waals surface area contributed by atoms with Crippen molar-refractivity contribution in [2.24, 2.45) is 20.5 Å². The summed E-state index contributed by atoms with van der Waals surface area (Å²) < 4.78 is 4.25. The van der Waals surface area contributed by atoms with Gasteiger partial charge in [-0.25, -0.2) is 9.13 Å². The fraction of sp³-hybridized carbons (Fsp3) is 0.389. The van der Waals surface area contributed by atoms with E-state index in [1.54, 1.807) is 6.07 Å². The molecule has 0 saturated carbocycles. The minimum absolute atomic E-state index is 0.104. The Morgan fingerprint density at radius 1 is 0.848 bits per heavy atom. The van der Waals surface area contributed by atoms with Crippen molar-refractivity contribution in [2.45, 2.75) is 71.9 Å². The van der Waals surface area contributed by atoms with Crippen molar-refractivity contribution >= 4 is 34.3 Å². The lowest BCUT2D eigenvalue weighted by molar-refractivity contribution is -0.697. The van der Waals surface area contributed by atoms with E-state index in [0.717, 1.165) is 106 Å². The van der Waals surface area contributed by atoms with Crippen molar-refractivity contribution in [1.82, 2.24) is 0 Å². The van der Waals surface area contributed by atoms with Gasteiger partial charge in [0.1, 0.15) is 23.7 Å². The lowest BCUT2D eigenvalue weighted by atomic mass is 9.90. The minimum Gasteiger partial charge on any atom is -0.506 e. The van der Waals surface area contributed by atoms with Crippen LogP contribution in [-0.2, 0) is 25.9 Å². The second-order valence-corrected chi connectivity index (χ2v) is 12.1. The zero-order valence-electron chi connectivity index (χ0n) is 26.9. The maximum Gasteiger partial charge on any atom is 0.350 e. The van der Waals surface area contributed by atoms with Crippen molar-refractivity contribution in [2.75, 3.05) is 29.9 Å². The Kier molecular flexibility index (Phi) is 9.81. The number of aromatic nitrogens is 2. The molecule has 10 nitrogen and oxygen atoms in total. The zero-order valence-corrected chi connectivity index (χ0v) is 26.9. The van der Waals surface area contributed by atoms with Gasteiger partial charge in [0.25, 0.3) is 0 Å². The molecule has 0 bridgehead atoms. The summed E-state index contributed by atoms with van der Waals surface area (Å²) >= 11 is 0. The highest BCUT2D eigenvalue weighted by Gasteiger charge is 2.28. The molecule has 2 aliphatic rings. The van der Waals surface area contributed by atoms with Crippen LogP contribution in [0.4, 0.5) is 34.3 Å². The molecule has 4 heterocycles. The van der Waals surface area contributed by atoms with Crippen molar-refractivity contribution in [3.05, 3.63) is 83.8 Å². The van der Waals surface area contributed by atoms with E-state index in [1.807, 2.05) is 74.9 Å². The molecular formula is C36H44N8O2+2. The van der Waals surface area contributed by atoms with Crippen LogP contribution in [0, 0.1) is 6.92 Å². The Morgan fingerprint density at radius 3 is 2.54 bits per heavy atom. The minimum atomic E-state index is 0.104. The van der Waals surface area contributed by atoms with Crippen LogP contribution in [0.1, 0.15) is 55.7 Å². The summed E-state index contributed by atoms with van der Waals surface area (Å²) in [6.07, 6.45) is 13.2. The Bertz CT molecular complexity index is 1750. The fourth-order valence-corrected chi connectivity index (χ4v) is 6.47. The molecule has 0 fully saturated rings. The molecule has 2 aromatic heterocycles. The highest BCUT2D eigenvalue weighted by Crippen LogP contribution is 2.45. The van der Waals surface area contributed by atoms with Crippen LogP contribution in [0.3, 0.4) is 0 Å². The number of phenols is 2. The molecule has 6 rings (SSSR count). The normalized spacial score (nSPS) is 14.3. The second kappa shape index (κ2) is 14.5. The lowest BCUT2D eigenvalue weighted by Gasteiger charge is -2.37. The molecule has 0 spiro atoms. The summed E-state index contributed by atoms with van der Waals surface area (Å²) in [4.78, 5) is 2.42. The maximum atomic E-state index is 11.1. The van der Waals surface area contributed by atoms with E-state index >= 15 is 0 Å². The summed E-state index contributed by atoms with van der Waals surface area (Å²) in [6, 6.07) is 15.4. The number of nitrogens with zero attached hydrogens (tertiary/aromatic N) is 7. The van der Waals surface area contributed by atoms with Crippen molar-refractivity contribution < 1.29 is 19.3 Å². The van der Waals surface area contributed by atoms with E-state index in [1.165, 1.54) is 11.3 Å². The Hall–Kier alpha value is -4.86. The number of azo groups is 2. The molecule has 0 saturated heterocycles. The van der Waals surface area contributed by atoms with Crippen molar-refractivity contribution in [3.63, 3.8) is 0 Å². The summed E-state index contributed by atoms with van der Waals surface area (Å²) in [5.74, 6) is 1.17. The fourth-order valence-electron chi connectivity index (χ4n) is 6.47. The molecule has 0 unspecified atom stereocenters. The van der Waals surface area contributed by atoms with Gasteiger partial charge in [-0.05, 0) is 92.9 Å². The summed E-state index contributed by atoms with van der Waals surface area (Å²) in [5, 5.41) is 42.5. The number of unbranched alkanes of at least 4 members (excludes halogenated alkanes) is 2. The number of aromatic hydroxyl groups is 2. The third-order valence-corrected chi connectivity index (χ3v) is 8.77. The van der Waals surface area contributed by atoms with E-state index in [4.69, 9.17) is 0 Å². The molecule has 0 radical (unpaired) electrons. The van der Waals surface area contributed by atoms with Gasteiger partial charge in [0, 0.05) is 61.2 Å². The van der Waals surface area contributed by atoms with Gasteiger partial charge in [0.15, 0.2) is 23.8 Å². The van der Waals surface area contributed by atoms with Crippen molar-refractivity contribution in [3.8, 4) is 11.5 Å². The molecular weight excluding hydrogens is 576 g/mol. The largest absolute Gasteiger partial charge is 0.506 e. The van der Waals surface area contributed by atoms with Crippen LogP contribution in [-0.4, -0.2) is 29.8 Å². The predicted molar refractivity (Wildman–Crippen MR) is 179 cm³/mol. The molecule has 0 aliphatic carbocycles. The number of rotatable bonds is 12. The molecule has 46 heavy (non-hydrogen) atoms. The molecule has 0 atom stereocenters. The smallest absolute Gasteiger partial charge is 0.350 e. The van der Waals surface area contributed by atoms with Crippen LogP contribution in [0.5, 0.6) is 11.5 Å². The number of benzene rings is 2. The van der Waals surface area contributed by atoms with Gasteiger partial charge in [-0.1, -0.05) is 6.07 Å². The van der Waals surface area contributed by atoms with Crippen LogP contribution >= 0.6 is 0 Å². The van der Waals surface area contributed by atoms with Gasteiger partial charge in [-0.3, -0.25) is 0 Å². The Morgan fingerprint density at radius 2 is 1.67 bits per heavy atom. The molecule has 10 heteroatoms. The van der Waals surface area contributed by atoms with Crippen LogP contribution in [0.2, 0.25) is 0 Å². The van der Waals surface area contributed by atoms with Gasteiger partial charge in [0.2, 0.25) is 0 Å². The second-order valence-electron chi connectivity index (χ2n) is 12.1. The molecule has 4 aromatic rings. The SMILES string of the molecule is CCNc1cc(O)c(N=Nc2ccc[n+](CCCCC[n+]3ccccc3N=Nc3cc4c5c(c3O)CCCN5CCC4)c2)cc1C. The Balaban J connectivity index is 1.03. The third kappa shape index (κ3) is 7.17. The zero-order chi connectivity index (χ0) is 31.9. The van der Waals surface area contributed by atoms with Gasteiger partial charge in [-0.2, -0.15) is 0 Å². The number of nitrogens with one attached hydrogen (secondary N) is 1. The number of hydrogen-bond donors (Lipinski definition) is 3. The summed E-state index contributed by atoms with van der Waals surface area (Å²) in [6.45, 7) is 8.63. The number of hydrogen-bond acceptors (Lipinski definition) is 8. The first-order valence-electron chi connectivity index (χ1n) is 16.5. The summed E-state index contributed by atoms with van der Waals surface area (Å²) in [5.41, 5.74) is 7.21. The average molecular weight is 621 g/mol. The first kappa shape index (κ1) is 31.1. The van der Waals surface area contributed by atoms with Gasteiger partial charge in [0.05, 0.1) is 17.9 Å². The van der Waals surface area contributed by atoms with E-state index in [9.17, 15) is 10.2 Å². The standard InChI is InChI=1S/C36H42N8O2/c1-3-37-30-24-33(45)31(22-26(30)2)39-38-28-13-10-17-42(25-28)16-6-4-7-18-43-19-8-5-15-34(43)41-40-32-23-27-12-9-20-44-21-11-14-29(35(27)44)36(32)46/h5,8,10,13,15,17,19,22-25H,3-4,6-7,9,11-12,14,16,18,20-21H2,1-2H3,(H-,37,38,45)/p+2. The highest BCUT2D eigenvalue weighted by molar-refractivity contribution is 5.74. The van der Waals surface area contributed by atoms with E-state index in [-0.39, 0.29) is 11.5 Å². The van der Waals surface area contributed by atoms with Crippen molar-refractivity contribution in [1.29, 1.82) is 0 Å². The van der Waals surface area contributed by atoms with Crippen LogP contribution in [0.25, 0.3) is 0 Å². The lowest BCUT2D eigenvalue weighted by Crippen LogP contribution is -2.34.